The first-order chi connectivity index (χ1) is 12.0. The molecule has 6 nitrogen and oxygen atoms in total. The van der Waals surface area contributed by atoms with E-state index in [2.05, 4.69) is 16.0 Å². The van der Waals surface area contributed by atoms with Gasteiger partial charge in [0.15, 0.2) is 0 Å². The van der Waals surface area contributed by atoms with Crippen LogP contribution in [0.4, 0.5) is 14.9 Å². The number of amides is 3. The zero-order valence-corrected chi connectivity index (χ0v) is 16.1. The van der Waals surface area contributed by atoms with E-state index in [4.69, 9.17) is 0 Å². The average Bonchev–Trinajstić information content (AvgIpc) is 2.62. The van der Waals surface area contributed by atoms with Gasteiger partial charge in [0, 0.05) is 25.7 Å². The van der Waals surface area contributed by atoms with E-state index in [0.29, 0.717) is 19.6 Å². The molecule has 26 heavy (non-hydrogen) atoms. The summed E-state index contributed by atoms with van der Waals surface area (Å²) in [6.45, 7) is 6.36. The van der Waals surface area contributed by atoms with Crippen LogP contribution in [0, 0.1) is 11.7 Å². The Morgan fingerprint density at radius 3 is 2.77 bits per heavy atom. The molecule has 1 saturated heterocycles. The van der Waals surface area contributed by atoms with Gasteiger partial charge >= 0.3 is 6.03 Å². The largest absolute Gasteiger partial charge is 0.354 e. The molecule has 8 heteroatoms. The summed E-state index contributed by atoms with van der Waals surface area (Å²) in [4.78, 5) is 26.3. The predicted molar refractivity (Wildman–Crippen MR) is 103 cm³/mol. The Hall–Kier alpha value is -1.86. The maximum absolute atomic E-state index is 13.7. The summed E-state index contributed by atoms with van der Waals surface area (Å²) in [5, 5.41) is 8.75. The Labute approximate surface area is 160 Å². The smallest absolute Gasteiger partial charge is 0.321 e. The molecule has 3 amide bonds. The van der Waals surface area contributed by atoms with Crippen LogP contribution < -0.4 is 16.0 Å². The van der Waals surface area contributed by atoms with Gasteiger partial charge in [0.25, 0.3) is 0 Å². The number of anilines is 1. The first-order valence-electron chi connectivity index (χ1n) is 8.82. The van der Waals surface area contributed by atoms with Crippen LogP contribution in [-0.4, -0.2) is 49.1 Å². The summed E-state index contributed by atoms with van der Waals surface area (Å²) in [6, 6.07) is 5.88. The van der Waals surface area contributed by atoms with E-state index in [0.717, 1.165) is 19.4 Å². The molecule has 0 aliphatic carbocycles. The lowest BCUT2D eigenvalue weighted by molar-refractivity contribution is -0.126. The van der Waals surface area contributed by atoms with Crippen LogP contribution in [0.15, 0.2) is 24.3 Å². The number of nitrogens with zero attached hydrogens (tertiary/aromatic N) is 1. The second-order valence-corrected chi connectivity index (χ2v) is 6.40. The fourth-order valence-electron chi connectivity index (χ4n) is 2.95. The van der Waals surface area contributed by atoms with Gasteiger partial charge < -0.3 is 20.9 Å². The molecule has 3 N–H and O–H groups in total. The highest BCUT2D eigenvalue weighted by molar-refractivity contribution is 5.90. The normalized spacial score (nSPS) is 17.8. The molecule has 1 aliphatic rings. The fourth-order valence-corrected chi connectivity index (χ4v) is 2.95. The van der Waals surface area contributed by atoms with E-state index in [9.17, 15) is 14.0 Å². The molecule has 1 heterocycles. The van der Waals surface area contributed by atoms with Gasteiger partial charge in [0.05, 0.1) is 11.6 Å². The molecule has 2 atom stereocenters. The molecule has 0 spiro atoms. The number of hydrogen-bond acceptors (Lipinski definition) is 3. The minimum atomic E-state index is -0.473. The number of benzene rings is 1. The van der Waals surface area contributed by atoms with E-state index in [1.54, 1.807) is 17.0 Å². The number of carbonyl (C=O) groups is 2. The van der Waals surface area contributed by atoms with Crippen molar-refractivity contribution in [3.8, 4) is 0 Å². The molecule has 0 saturated carbocycles. The maximum Gasteiger partial charge on any atom is 0.321 e. The zero-order chi connectivity index (χ0) is 18.2. The number of halogens is 2. The van der Waals surface area contributed by atoms with Gasteiger partial charge in [0.2, 0.25) is 5.91 Å². The van der Waals surface area contributed by atoms with Gasteiger partial charge in [-0.05, 0) is 38.4 Å². The predicted octanol–water partition coefficient (Wildman–Crippen LogP) is 2.61. The summed E-state index contributed by atoms with van der Waals surface area (Å²) < 4.78 is 13.7. The topological polar surface area (TPSA) is 73.5 Å². The Kier molecular flexibility index (Phi) is 9.37. The van der Waals surface area contributed by atoms with Crippen molar-refractivity contribution in [2.45, 2.75) is 32.7 Å². The average molecular weight is 387 g/mol. The van der Waals surface area contributed by atoms with Crippen LogP contribution in [0.2, 0.25) is 0 Å². The Morgan fingerprint density at radius 1 is 1.35 bits per heavy atom. The van der Waals surface area contributed by atoms with Crippen LogP contribution in [0.5, 0.6) is 0 Å². The van der Waals surface area contributed by atoms with Crippen LogP contribution in [0.3, 0.4) is 0 Å². The van der Waals surface area contributed by atoms with Crippen molar-refractivity contribution in [3.05, 3.63) is 30.1 Å². The van der Waals surface area contributed by atoms with Crippen molar-refractivity contribution in [3.63, 3.8) is 0 Å². The van der Waals surface area contributed by atoms with Gasteiger partial charge in [-0.3, -0.25) is 4.79 Å². The van der Waals surface area contributed by atoms with Crippen molar-refractivity contribution in [1.29, 1.82) is 0 Å². The summed E-state index contributed by atoms with van der Waals surface area (Å²) in [5.74, 6) is -0.735. The SMILES string of the molecule is CCN[C@H](C)CNC(=O)C1CCCN(C(=O)Nc2ccccc2F)C1.Cl. The molecular weight excluding hydrogens is 359 g/mol. The highest BCUT2D eigenvalue weighted by Gasteiger charge is 2.28. The van der Waals surface area contributed by atoms with E-state index in [1.165, 1.54) is 12.1 Å². The molecule has 1 aliphatic heterocycles. The molecule has 2 rings (SSSR count). The summed E-state index contributed by atoms with van der Waals surface area (Å²) in [7, 11) is 0. The standard InChI is InChI=1S/C18H27FN4O2.ClH/c1-3-20-13(2)11-21-17(24)14-7-6-10-23(12-14)18(25)22-16-9-5-4-8-15(16)19;/h4-5,8-9,13-14,20H,3,6-7,10-12H2,1-2H3,(H,21,24)(H,22,25);1H/t13-,14?;/m1./s1. The lowest BCUT2D eigenvalue weighted by Gasteiger charge is -2.32. The van der Waals surface area contributed by atoms with Gasteiger partial charge in [0.1, 0.15) is 5.82 Å². The molecule has 0 bridgehead atoms. The third-order valence-electron chi connectivity index (χ3n) is 4.33. The maximum atomic E-state index is 13.7. The van der Waals surface area contributed by atoms with Gasteiger partial charge in [-0.2, -0.15) is 0 Å². The minimum Gasteiger partial charge on any atom is -0.354 e. The number of para-hydroxylation sites is 1. The van der Waals surface area contributed by atoms with Crippen molar-refractivity contribution in [2.24, 2.45) is 5.92 Å². The van der Waals surface area contributed by atoms with E-state index in [-0.39, 0.29) is 42.0 Å². The molecule has 1 fully saturated rings. The van der Waals surface area contributed by atoms with Crippen LogP contribution in [0.25, 0.3) is 0 Å². The number of carbonyl (C=O) groups excluding carboxylic acids is 2. The first kappa shape index (κ1) is 22.2. The van der Waals surface area contributed by atoms with Gasteiger partial charge in [-0.25, -0.2) is 9.18 Å². The number of likely N-dealkylation sites (N-methyl/N-ethyl adjacent to an activating group) is 1. The van der Waals surface area contributed by atoms with Crippen LogP contribution >= 0.6 is 12.4 Å². The molecule has 0 radical (unpaired) electrons. The number of hydrogen-bond donors (Lipinski definition) is 3. The molecule has 0 aromatic heterocycles. The van der Waals surface area contributed by atoms with Crippen molar-refractivity contribution in [1.82, 2.24) is 15.5 Å². The zero-order valence-electron chi connectivity index (χ0n) is 15.3. The number of piperidine rings is 1. The number of likely N-dealkylation sites (tertiary alicyclic amines) is 1. The second-order valence-electron chi connectivity index (χ2n) is 6.40. The van der Waals surface area contributed by atoms with Crippen molar-refractivity contribution < 1.29 is 14.0 Å². The molecule has 146 valence electrons. The van der Waals surface area contributed by atoms with Gasteiger partial charge in [-0.1, -0.05) is 19.1 Å². The van der Waals surface area contributed by atoms with E-state index < -0.39 is 5.82 Å². The Morgan fingerprint density at radius 2 is 2.08 bits per heavy atom. The summed E-state index contributed by atoms with van der Waals surface area (Å²) >= 11 is 0. The summed E-state index contributed by atoms with van der Waals surface area (Å²) in [6.07, 6.45) is 1.51. The minimum absolute atomic E-state index is 0. The number of nitrogens with one attached hydrogen (secondary N) is 3. The quantitative estimate of drug-likeness (QED) is 0.703. The van der Waals surface area contributed by atoms with Gasteiger partial charge in [-0.15, -0.1) is 12.4 Å². The van der Waals surface area contributed by atoms with E-state index >= 15 is 0 Å². The lowest BCUT2D eigenvalue weighted by atomic mass is 9.97. The molecular formula is C18H28ClFN4O2. The highest BCUT2D eigenvalue weighted by Crippen LogP contribution is 2.19. The van der Waals surface area contributed by atoms with Crippen LogP contribution in [-0.2, 0) is 4.79 Å². The first-order valence-corrected chi connectivity index (χ1v) is 8.82. The Bertz CT molecular complexity index is 602. The fraction of sp³-hybridized carbons (Fsp3) is 0.556. The Balaban J connectivity index is 0.00000338. The van der Waals surface area contributed by atoms with Crippen molar-refractivity contribution >= 4 is 30.0 Å². The third-order valence-corrected chi connectivity index (χ3v) is 4.33. The second kappa shape index (κ2) is 11.0. The summed E-state index contributed by atoms with van der Waals surface area (Å²) in [5.41, 5.74) is 0.151. The number of rotatable bonds is 6. The number of urea groups is 1. The van der Waals surface area contributed by atoms with E-state index in [1.807, 2.05) is 13.8 Å². The van der Waals surface area contributed by atoms with Crippen LogP contribution in [0.1, 0.15) is 26.7 Å². The third kappa shape index (κ3) is 6.46. The van der Waals surface area contributed by atoms with Crippen molar-refractivity contribution in [2.75, 3.05) is 31.5 Å². The monoisotopic (exact) mass is 386 g/mol. The molecule has 1 aromatic carbocycles. The molecule has 1 aromatic rings. The molecule has 1 unspecified atom stereocenters. The highest BCUT2D eigenvalue weighted by atomic mass is 35.5. The lowest BCUT2D eigenvalue weighted by Crippen LogP contribution is -2.48.